The molecule has 0 radical (unpaired) electrons. The van der Waals surface area contributed by atoms with Crippen LogP contribution in [0.4, 0.5) is 0 Å². The topological polar surface area (TPSA) is 26.3 Å². The molecule has 1 saturated carbocycles. The lowest BCUT2D eigenvalue weighted by Gasteiger charge is -2.17. The minimum Gasteiger partial charge on any atom is -0.385 e. The zero-order valence-corrected chi connectivity index (χ0v) is 8.71. The second-order valence-corrected chi connectivity index (χ2v) is 3.90. The third-order valence-corrected chi connectivity index (χ3v) is 3.11. The number of rotatable bonds is 5. The van der Waals surface area contributed by atoms with E-state index in [4.69, 9.17) is 4.74 Å². The summed E-state index contributed by atoms with van der Waals surface area (Å²) in [6.07, 6.45) is 5.33. The fraction of sp³-hybridized carbons (Fsp3) is 0.909. The maximum absolute atomic E-state index is 11.5. The highest BCUT2D eigenvalue weighted by atomic mass is 16.5. The van der Waals surface area contributed by atoms with Crippen molar-refractivity contribution in [2.75, 3.05) is 13.7 Å². The first-order chi connectivity index (χ1) is 6.29. The van der Waals surface area contributed by atoms with E-state index in [1.165, 1.54) is 12.8 Å². The molecule has 0 bridgehead atoms. The van der Waals surface area contributed by atoms with Crippen molar-refractivity contribution in [2.24, 2.45) is 11.8 Å². The average molecular weight is 184 g/mol. The molecule has 2 heteroatoms. The van der Waals surface area contributed by atoms with Crippen molar-refractivity contribution in [3.05, 3.63) is 0 Å². The zero-order chi connectivity index (χ0) is 9.68. The predicted octanol–water partition coefficient (Wildman–Crippen LogP) is 2.42. The van der Waals surface area contributed by atoms with Crippen molar-refractivity contribution in [3.63, 3.8) is 0 Å². The maximum atomic E-state index is 11.5. The summed E-state index contributed by atoms with van der Waals surface area (Å²) < 4.78 is 5.05. The van der Waals surface area contributed by atoms with Crippen LogP contribution < -0.4 is 0 Å². The van der Waals surface area contributed by atoms with Crippen molar-refractivity contribution in [1.29, 1.82) is 0 Å². The van der Waals surface area contributed by atoms with Crippen LogP contribution in [-0.4, -0.2) is 19.5 Å². The van der Waals surface area contributed by atoms with Crippen LogP contribution in [-0.2, 0) is 9.53 Å². The van der Waals surface area contributed by atoms with Crippen LogP contribution >= 0.6 is 0 Å². The largest absolute Gasteiger partial charge is 0.385 e. The molecule has 0 aromatic carbocycles. The SMILES string of the molecule is CCC(=O)C1CCCC1CCOC. The molecule has 0 heterocycles. The molecular weight excluding hydrogens is 164 g/mol. The molecule has 1 rings (SSSR count). The molecular formula is C11H20O2. The first-order valence-corrected chi connectivity index (χ1v) is 5.31. The van der Waals surface area contributed by atoms with Crippen LogP contribution in [0.15, 0.2) is 0 Å². The quantitative estimate of drug-likeness (QED) is 0.656. The first-order valence-electron chi connectivity index (χ1n) is 5.31. The van der Waals surface area contributed by atoms with Crippen molar-refractivity contribution >= 4 is 5.78 Å². The molecule has 2 atom stereocenters. The van der Waals surface area contributed by atoms with E-state index in [0.29, 0.717) is 24.0 Å². The fourth-order valence-corrected chi connectivity index (χ4v) is 2.34. The van der Waals surface area contributed by atoms with Gasteiger partial charge in [0.15, 0.2) is 0 Å². The average Bonchev–Trinajstić information content (AvgIpc) is 2.61. The molecule has 2 nitrogen and oxygen atoms in total. The molecule has 0 spiro atoms. The first kappa shape index (κ1) is 10.7. The Morgan fingerprint density at radius 3 is 2.85 bits per heavy atom. The van der Waals surface area contributed by atoms with Crippen LogP contribution in [0, 0.1) is 11.8 Å². The van der Waals surface area contributed by atoms with Gasteiger partial charge in [-0.25, -0.2) is 0 Å². The second kappa shape index (κ2) is 5.38. The van der Waals surface area contributed by atoms with Crippen molar-refractivity contribution in [1.82, 2.24) is 0 Å². The van der Waals surface area contributed by atoms with Gasteiger partial charge >= 0.3 is 0 Å². The fourth-order valence-electron chi connectivity index (χ4n) is 2.34. The Bertz CT molecular complexity index is 165. The number of carbonyl (C=O) groups is 1. The molecule has 0 N–H and O–H groups in total. The third kappa shape index (κ3) is 2.80. The highest BCUT2D eigenvalue weighted by molar-refractivity contribution is 5.81. The lowest BCUT2D eigenvalue weighted by atomic mass is 9.88. The van der Waals surface area contributed by atoms with E-state index in [1.54, 1.807) is 7.11 Å². The van der Waals surface area contributed by atoms with E-state index < -0.39 is 0 Å². The van der Waals surface area contributed by atoms with E-state index in [2.05, 4.69) is 0 Å². The Morgan fingerprint density at radius 1 is 1.46 bits per heavy atom. The number of ketones is 1. The summed E-state index contributed by atoms with van der Waals surface area (Å²) in [6.45, 7) is 2.77. The van der Waals surface area contributed by atoms with Gasteiger partial charge in [0.05, 0.1) is 0 Å². The molecule has 76 valence electrons. The van der Waals surface area contributed by atoms with Crippen LogP contribution in [0.5, 0.6) is 0 Å². The monoisotopic (exact) mass is 184 g/mol. The third-order valence-electron chi connectivity index (χ3n) is 3.11. The lowest BCUT2D eigenvalue weighted by Crippen LogP contribution is -2.19. The lowest BCUT2D eigenvalue weighted by molar-refractivity contribution is -0.123. The van der Waals surface area contributed by atoms with Crippen LogP contribution in [0.2, 0.25) is 0 Å². The summed E-state index contributed by atoms with van der Waals surface area (Å²) in [5, 5.41) is 0. The van der Waals surface area contributed by atoms with E-state index in [0.717, 1.165) is 19.4 Å². The summed E-state index contributed by atoms with van der Waals surface area (Å²) in [4.78, 5) is 11.5. The van der Waals surface area contributed by atoms with E-state index in [9.17, 15) is 4.79 Å². The van der Waals surface area contributed by atoms with E-state index in [1.807, 2.05) is 6.92 Å². The number of hydrogen-bond acceptors (Lipinski definition) is 2. The highest BCUT2D eigenvalue weighted by Gasteiger charge is 2.30. The number of methoxy groups -OCH3 is 1. The molecule has 1 fully saturated rings. The second-order valence-electron chi connectivity index (χ2n) is 3.90. The Morgan fingerprint density at radius 2 is 2.23 bits per heavy atom. The molecule has 13 heavy (non-hydrogen) atoms. The molecule has 0 saturated heterocycles. The molecule has 0 aromatic rings. The van der Waals surface area contributed by atoms with Gasteiger partial charge in [-0.05, 0) is 25.2 Å². The number of hydrogen-bond donors (Lipinski definition) is 0. The van der Waals surface area contributed by atoms with Gasteiger partial charge in [0.1, 0.15) is 5.78 Å². The Balaban J connectivity index is 2.39. The van der Waals surface area contributed by atoms with Crippen LogP contribution in [0.1, 0.15) is 39.0 Å². The summed E-state index contributed by atoms with van der Waals surface area (Å²) in [5.41, 5.74) is 0. The van der Waals surface area contributed by atoms with Gasteiger partial charge in [0, 0.05) is 26.1 Å². The van der Waals surface area contributed by atoms with Gasteiger partial charge < -0.3 is 4.74 Å². The van der Waals surface area contributed by atoms with Crippen LogP contribution in [0.25, 0.3) is 0 Å². The Labute approximate surface area is 80.7 Å². The molecule has 0 aromatic heterocycles. The number of carbonyl (C=O) groups excluding carboxylic acids is 1. The van der Waals surface area contributed by atoms with Crippen molar-refractivity contribution in [2.45, 2.75) is 39.0 Å². The predicted molar refractivity (Wildman–Crippen MR) is 52.6 cm³/mol. The van der Waals surface area contributed by atoms with Gasteiger partial charge in [-0.2, -0.15) is 0 Å². The number of Topliss-reactive ketones (excluding diaryl/α,β-unsaturated/α-hetero) is 1. The smallest absolute Gasteiger partial charge is 0.135 e. The van der Waals surface area contributed by atoms with Crippen LogP contribution in [0.3, 0.4) is 0 Å². The van der Waals surface area contributed by atoms with Crippen molar-refractivity contribution in [3.8, 4) is 0 Å². The standard InChI is InChI=1S/C11H20O2/c1-3-11(12)10-6-4-5-9(10)7-8-13-2/h9-10H,3-8H2,1-2H3. The van der Waals surface area contributed by atoms with Gasteiger partial charge in [0.2, 0.25) is 0 Å². The van der Waals surface area contributed by atoms with Gasteiger partial charge in [-0.15, -0.1) is 0 Å². The molecule has 0 amide bonds. The van der Waals surface area contributed by atoms with E-state index in [-0.39, 0.29) is 0 Å². The summed E-state index contributed by atoms with van der Waals surface area (Å²) in [5.74, 6) is 1.41. The Hall–Kier alpha value is -0.370. The van der Waals surface area contributed by atoms with Crippen molar-refractivity contribution < 1.29 is 9.53 Å². The molecule has 0 aliphatic heterocycles. The van der Waals surface area contributed by atoms with Gasteiger partial charge in [-0.1, -0.05) is 13.3 Å². The maximum Gasteiger partial charge on any atom is 0.135 e. The molecule has 1 aliphatic rings. The Kier molecular flexibility index (Phi) is 4.43. The highest BCUT2D eigenvalue weighted by Crippen LogP contribution is 2.35. The normalized spacial score (nSPS) is 27.8. The molecule has 1 aliphatic carbocycles. The van der Waals surface area contributed by atoms with Gasteiger partial charge in [-0.3, -0.25) is 4.79 Å². The molecule has 2 unspecified atom stereocenters. The minimum atomic E-state index is 0.347. The minimum absolute atomic E-state index is 0.347. The summed E-state index contributed by atoms with van der Waals surface area (Å²) in [7, 11) is 1.73. The summed E-state index contributed by atoms with van der Waals surface area (Å²) in [6, 6.07) is 0. The van der Waals surface area contributed by atoms with E-state index >= 15 is 0 Å². The zero-order valence-electron chi connectivity index (χ0n) is 8.71. The van der Waals surface area contributed by atoms with Gasteiger partial charge in [0.25, 0.3) is 0 Å². The summed E-state index contributed by atoms with van der Waals surface area (Å²) >= 11 is 0. The number of ether oxygens (including phenoxy) is 1.